The summed E-state index contributed by atoms with van der Waals surface area (Å²) in [5.74, 6) is 0. The molecule has 22 nitrogen and oxygen atoms in total. The van der Waals surface area contributed by atoms with Gasteiger partial charge in [0.15, 0.2) is 9.84 Å². The van der Waals surface area contributed by atoms with Crippen LogP contribution >= 0.6 is 34.0 Å². The highest BCUT2D eigenvalue weighted by Gasteiger charge is 2.43. The lowest BCUT2D eigenvalue weighted by Gasteiger charge is -2.32. The van der Waals surface area contributed by atoms with Gasteiger partial charge in [-0.3, -0.25) is 0 Å². The second-order valence-electron chi connectivity index (χ2n) is 31.0. The monoisotopic (exact) mass is 1830 g/mol. The van der Waals surface area contributed by atoms with E-state index < -0.39 is 65.2 Å². The quantitative estimate of drug-likeness (QED) is 0.0269. The number of nitrogens with zero attached hydrogens (tertiary/aromatic N) is 5. The molecule has 0 aliphatic carbocycles. The van der Waals surface area contributed by atoms with Crippen LogP contribution in [0.2, 0.25) is 0 Å². The fourth-order valence-electron chi connectivity index (χ4n) is 14.1. The van der Waals surface area contributed by atoms with E-state index in [1.54, 1.807) is 21.1 Å². The first kappa shape index (κ1) is 108. The summed E-state index contributed by atoms with van der Waals surface area (Å²) in [7, 11) is -19.7. The molecule has 6 heterocycles. The first-order valence-electron chi connectivity index (χ1n) is 44.7. The largest absolute Gasteiger partial charge is 0.385 e. The molecule has 0 radical (unpaired) electrons. The minimum Gasteiger partial charge on any atom is -0.385 e. The maximum Gasteiger partial charge on any atom is 0.291 e. The molecule has 0 spiro atoms. The number of fused-ring (bicyclic) bond motifs is 3. The van der Waals surface area contributed by atoms with Gasteiger partial charge in [-0.15, -0.1) is 34.0 Å². The lowest BCUT2D eigenvalue weighted by molar-refractivity contribution is 0.185. The van der Waals surface area contributed by atoms with Crippen LogP contribution in [0.3, 0.4) is 0 Å². The summed E-state index contributed by atoms with van der Waals surface area (Å²) >= 11 is 2.43. The number of methoxy groups -OCH3 is 2. The second kappa shape index (κ2) is 61.6. The Labute approximate surface area is 733 Å². The van der Waals surface area contributed by atoms with E-state index in [0.717, 1.165) is 130 Å². The topological polar surface area (TPSA) is 303 Å². The predicted octanol–water partition coefficient (Wildman–Crippen LogP) is 21.8. The lowest BCUT2D eigenvalue weighted by atomic mass is 10.1. The highest BCUT2D eigenvalue weighted by atomic mass is 32.3. The van der Waals surface area contributed by atoms with Gasteiger partial charge < -0.3 is 25.4 Å². The van der Waals surface area contributed by atoms with Crippen molar-refractivity contribution in [2.45, 2.75) is 360 Å². The third kappa shape index (κ3) is 40.2. The van der Waals surface area contributed by atoms with Gasteiger partial charge in [-0.1, -0.05) is 218 Å². The van der Waals surface area contributed by atoms with Crippen LogP contribution in [0.25, 0.3) is 0 Å². The minimum atomic E-state index is -3.96. The fourth-order valence-corrected chi connectivity index (χ4v) is 28.6. The van der Waals surface area contributed by atoms with Crippen molar-refractivity contribution in [2.24, 2.45) is 13.2 Å². The summed E-state index contributed by atoms with van der Waals surface area (Å²) in [4.78, 5) is 0. The number of nitrogens with one attached hydrogen (secondary N) is 3. The van der Waals surface area contributed by atoms with Crippen LogP contribution < -0.4 is 16.0 Å². The summed E-state index contributed by atoms with van der Waals surface area (Å²) in [5, 5.41) is 9.33. The summed E-state index contributed by atoms with van der Waals surface area (Å²) < 4.78 is 181. The Morgan fingerprint density at radius 3 is 0.966 bits per heavy atom. The number of hydrogen-bond donors (Lipinski definition) is 3. The van der Waals surface area contributed by atoms with Gasteiger partial charge in [-0.05, 0) is 192 Å². The van der Waals surface area contributed by atoms with Crippen molar-refractivity contribution in [2.75, 3.05) is 73.2 Å². The smallest absolute Gasteiger partial charge is 0.291 e. The van der Waals surface area contributed by atoms with E-state index in [9.17, 15) is 50.5 Å². The van der Waals surface area contributed by atoms with E-state index in [1.807, 2.05) is 20.8 Å². The molecule has 0 bridgehead atoms. The molecule has 0 unspecified atom stereocenters. The van der Waals surface area contributed by atoms with Gasteiger partial charge in [0, 0.05) is 107 Å². The van der Waals surface area contributed by atoms with Gasteiger partial charge in [0.25, 0.3) is 50.1 Å². The second-order valence-corrected chi connectivity index (χ2v) is 46.5. The summed E-state index contributed by atoms with van der Waals surface area (Å²) in [6, 6.07) is 3.80. The van der Waals surface area contributed by atoms with Gasteiger partial charge in [0.2, 0.25) is 0 Å². The Morgan fingerprint density at radius 2 is 0.647 bits per heavy atom. The first-order valence-corrected chi connectivity index (χ1v) is 55.9. The Morgan fingerprint density at radius 1 is 0.378 bits per heavy atom. The Balaban J connectivity index is 0.000000376. The normalized spacial score (nSPS) is 18.4. The van der Waals surface area contributed by atoms with Crippen LogP contribution in [0.4, 0.5) is 0 Å². The van der Waals surface area contributed by atoms with Crippen molar-refractivity contribution < 1.29 is 60.0 Å². The molecule has 4 atom stereocenters. The minimum absolute atomic E-state index is 0.00867. The molecule has 31 heteroatoms. The zero-order valence-corrected chi connectivity index (χ0v) is 80.9. The van der Waals surface area contributed by atoms with Crippen LogP contribution in [0.5, 0.6) is 0 Å². The molecule has 0 fully saturated rings. The highest BCUT2D eigenvalue weighted by Crippen LogP contribution is 2.45. The molecular weight excluding hydrogens is 1680 g/mol. The maximum absolute atomic E-state index is 13.2. The first-order chi connectivity index (χ1) is 57.3. The number of likely N-dealkylation sites (N-methyl/N-ethyl adjacent to an activating group) is 2. The van der Waals surface area contributed by atoms with Gasteiger partial charge in [-0.25, -0.2) is 25.3 Å². The number of ether oxygens (including phenoxy) is 2. The van der Waals surface area contributed by atoms with Crippen molar-refractivity contribution in [3.63, 3.8) is 0 Å². The average Bonchev–Trinajstić information content (AvgIpc) is 1.64. The number of sulfonamides is 5. The zero-order chi connectivity index (χ0) is 87.1. The summed E-state index contributed by atoms with van der Waals surface area (Å²) in [6.45, 7) is 18.3. The third-order valence-corrected chi connectivity index (χ3v) is 37.1. The Hall–Kier alpha value is -3.77. The van der Waals surface area contributed by atoms with E-state index in [0.29, 0.717) is 101 Å². The molecule has 3 aliphatic heterocycles. The third-order valence-electron chi connectivity index (χ3n) is 20.9. The van der Waals surface area contributed by atoms with Crippen LogP contribution in [0.1, 0.15) is 347 Å². The van der Waals surface area contributed by atoms with E-state index in [2.05, 4.69) is 111 Å². The van der Waals surface area contributed by atoms with Gasteiger partial charge in [-0.2, -0.15) is 47.1 Å². The molecule has 6 rings (SSSR count). The Bertz CT molecular complexity index is 4260. The number of sulfone groups is 1. The molecule has 3 N–H and O–H groups in total. The molecular formula is C88H150N8O14S9. The van der Waals surface area contributed by atoms with Crippen LogP contribution in [0.15, 0.2) is 117 Å². The molecule has 0 aromatic carbocycles. The molecule has 0 amide bonds. The van der Waals surface area contributed by atoms with Crippen LogP contribution in [-0.2, 0) is 69.4 Å². The SMILES string of the molecule is CCCCC/C=C/C/C=C/CCCCCCCC=NS(=O)(=O)c1cc2c(s1)S(=O)(=O)N(CCCOC)C[C@@H]2NCC.CCCCC/C=C/C/C=C/CCCCCCCC=NS(=O)(=O)c1cc2c(s1)S(=O)(=O)[C@@H](C)C[C@@H]2NCC.CCCCCCCC/C=C/CCCCCCCC=NS(=O)(=O)c1cc2c(s1)S(=O)(=O)N(CCCOC)C[C@@H]2NCC. The molecule has 0 saturated heterocycles. The van der Waals surface area contributed by atoms with Crippen molar-refractivity contribution >= 4 is 113 Å². The number of unbranched alkanes of at least 4 members (excludes halogenated alkanes) is 30. The maximum atomic E-state index is 13.2. The van der Waals surface area contributed by atoms with Crippen molar-refractivity contribution in [1.29, 1.82) is 0 Å². The molecule has 3 aromatic heterocycles. The standard InChI is InChI=1S/C30H53N3O5S3.C30H51N3O5S3.C28H46N2O4S3/c2*1-4-6-7-8-9-10-11-12-13-14-15-16-17-18-19-20-22-32-40(34,35)29-25-27-28(31-5-2)26-33(23-21-24-38-3)41(36,37)30(27)39-29;1-4-6-7-8-9-10-11-12-13-14-15-16-17-18-19-20-21-30-37(33,34)27-23-25-26(29-5-2)22-24(3)36(31,32)28(25)35-27/h12-13,22,25,28,31H,4-11,14-21,23-24,26H2,1-3H3;9-10,12-13,22,25,28,31H,4-8,11,14-21,23-24,26H2,1-3H3;9-10,12-13,21,23-24,26,29H,4-8,11,14-20,22H2,1-3H3/b13-12+,32-22?;10-9+,13-12+,32-22?;10-9+,13-12+,30-21?/t2*28-;24-,26-/m000/s1. The van der Waals surface area contributed by atoms with Gasteiger partial charge in [0.05, 0.1) is 5.25 Å². The zero-order valence-electron chi connectivity index (χ0n) is 73.5. The molecule has 3 aromatic rings. The van der Waals surface area contributed by atoms with Crippen molar-refractivity contribution in [3.8, 4) is 0 Å². The van der Waals surface area contributed by atoms with Crippen molar-refractivity contribution in [1.82, 2.24) is 24.6 Å². The Kier molecular flexibility index (Phi) is 55.7. The van der Waals surface area contributed by atoms with E-state index in [-0.39, 0.29) is 56.5 Å². The summed E-state index contributed by atoms with van der Waals surface area (Å²) in [6.07, 6.45) is 71.4. The highest BCUT2D eigenvalue weighted by molar-refractivity contribution is 7.96. The van der Waals surface area contributed by atoms with E-state index >= 15 is 0 Å². The van der Waals surface area contributed by atoms with Gasteiger partial charge in [0.1, 0.15) is 25.3 Å². The molecule has 0 saturated carbocycles. The van der Waals surface area contributed by atoms with Gasteiger partial charge >= 0.3 is 0 Å². The predicted molar refractivity (Wildman–Crippen MR) is 499 cm³/mol. The summed E-state index contributed by atoms with van der Waals surface area (Å²) in [5.41, 5.74) is 1.60. The van der Waals surface area contributed by atoms with Crippen LogP contribution in [-0.4, -0.2) is 156 Å². The van der Waals surface area contributed by atoms with E-state index in [4.69, 9.17) is 9.47 Å². The number of allylic oxidation sites excluding steroid dienone is 10. The lowest BCUT2D eigenvalue weighted by Crippen LogP contribution is -2.43. The van der Waals surface area contributed by atoms with Crippen LogP contribution in [0, 0.1) is 0 Å². The molecule has 119 heavy (non-hydrogen) atoms. The van der Waals surface area contributed by atoms with E-state index in [1.165, 1.54) is 174 Å². The fraction of sp³-hybridized carbons (Fsp3) is 0.716. The number of thiophene rings is 3. The number of rotatable bonds is 63. The van der Waals surface area contributed by atoms with Crippen molar-refractivity contribution in [3.05, 3.63) is 95.6 Å². The molecule has 3 aliphatic rings. The number of hydrogen-bond acceptors (Lipinski definition) is 20. The molecule has 680 valence electrons. The average molecular weight is 1830 g/mol.